The standard InChI is InChI=1S/C16H26N2O.ClH/c1-5-6-10-18(4)11-9-16(19)17-15-12-13(2)7-8-14(15)3;/h7-8,12H,5-6,9-11H2,1-4H3,(H,17,19);1H. The average Bonchev–Trinajstić information content (AvgIpc) is 2.38. The van der Waals surface area contributed by atoms with Crippen LogP contribution >= 0.6 is 12.4 Å². The number of nitrogens with zero attached hydrogens (tertiary/aromatic N) is 1. The lowest BCUT2D eigenvalue weighted by Gasteiger charge is -2.16. The molecule has 0 saturated heterocycles. The fourth-order valence-electron chi connectivity index (χ4n) is 1.92. The molecule has 1 rings (SSSR count). The van der Waals surface area contributed by atoms with E-state index in [2.05, 4.69) is 30.3 Å². The number of unbranched alkanes of at least 4 members (excludes halogenated alkanes) is 1. The molecule has 0 unspecified atom stereocenters. The zero-order valence-corrected chi connectivity index (χ0v) is 13.8. The van der Waals surface area contributed by atoms with E-state index in [0.717, 1.165) is 24.3 Å². The molecule has 0 spiro atoms. The highest BCUT2D eigenvalue weighted by molar-refractivity contribution is 5.91. The number of halogens is 1. The van der Waals surface area contributed by atoms with Crippen LogP contribution in [-0.4, -0.2) is 30.9 Å². The van der Waals surface area contributed by atoms with E-state index in [1.54, 1.807) is 0 Å². The van der Waals surface area contributed by atoms with E-state index in [1.807, 2.05) is 26.0 Å². The summed E-state index contributed by atoms with van der Waals surface area (Å²) in [5.74, 6) is 0.0945. The van der Waals surface area contributed by atoms with Gasteiger partial charge in [-0.25, -0.2) is 0 Å². The summed E-state index contributed by atoms with van der Waals surface area (Å²) in [6, 6.07) is 6.12. The van der Waals surface area contributed by atoms with Gasteiger partial charge in [0.25, 0.3) is 0 Å². The van der Waals surface area contributed by atoms with Crippen LogP contribution in [0.5, 0.6) is 0 Å². The predicted octanol–water partition coefficient (Wildman–Crippen LogP) is 3.79. The fraction of sp³-hybridized carbons (Fsp3) is 0.562. The van der Waals surface area contributed by atoms with Crippen molar-refractivity contribution in [2.75, 3.05) is 25.5 Å². The SMILES string of the molecule is CCCCN(C)CCC(=O)Nc1cc(C)ccc1C.Cl. The van der Waals surface area contributed by atoms with Gasteiger partial charge < -0.3 is 10.2 Å². The Morgan fingerprint density at radius 1 is 1.25 bits per heavy atom. The molecule has 0 radical (unpaired) electrons. The summed E-state index contributed by atoms with van der Waals surface area (Å²) >= 11 is 0. The number of amides is 1. The van der Waals surface area contributed by atoms with Crippen LogP contribution in [-0.2, 0) is 4.79 Å². The Hall–Kier alpha value is -1.06. The van der Waals surface area contributed by atoms with Crippen LogP contribution in [0.25, 0.3) is 0 Å². The maximum Gasteiger partial charge on any atom is 0.225 e. The zero-order chi connectivity index (χ0) is 14.3. The number of hydrogen-bond donors (Lipinski definition) is 1. The number of aryl methyl sites for hydroxylation is 2. The molecule has 3 nitrogen and oxygen atoms in total. The van der Waals surface area contributed by atoms with Crippen LogP contribution in [0.3, 0.4) is 0 Å². The van der Waals surface area contributed by atoms with Gasteiger partial charge in [0.05, 0.1) is 0 Å². The number of anilines is 1. The van der Waals surface area contributed by atoms with Gasteiger partial charge in [0, 0.05) is 18.7 Å². The molecule has 4 heteroatoms. The molecule has 1 amide bonds. The molecule has 0 bridgehead atoms. The molecule has 1 N–H and O–H groups in total. The smallest absolute Gasteiger partial charge is 0.225 e. The van der Waals surface area contributed by atoms with Crippen molar-refractivity contribution in [2.45, 2.75) is 40.0 Å². The van der Waals surface area contributed by atoms with Crippen molar-refractivity contribution in [3.05, 3.63) is 29.3 Å². The van der Waals surface area contributed by atoms with Gasteiger partial charge >= 0.3 is 0 Å². The van der Waals surface area contributed by atoms with Crippen LogP contribution in [0.15, 0.2) is 18.2 Å². The third-order valence-electron chi connectivity index (χ3n) is 3.28. The van der Waals surface area contributed by atoms with Gasteiger partial charge in [-0.1, -0.05) is 25.5 Å². The first-order valence-electron chi connectivity index (χ1n) is 7.08. The van der Waals surface area contributed by atoms with Gasteiger partial charge in [-0.05, 0) is 51.1 Å². The number of benzene rings is 1. The topological polar surface area (TPSA) is 32.3 Å². The molecule has 0 fully saturated rings. The van der Waals surface area contributed by atoms with Crippen LogP contribution in [0.2, 0.25) is 0 Å². The second-order valence-corrected chi connectivity index (χ2v) is 5.27. The van der Waals surface area contributed by atoms with E-state index in [9.17, 15) is 4.79 Å². The summed E-state index contributed by atoms with van der Waals surface area (Å²) in [5.41, 5.74) is 3.21. The molecule has 0 aliphatic heterocycles. The van der Waals surface area contributed by atoms with Crippen molar-refractivity contribution in [3.8, 4) is 0 Å². The van der Waals surface area contributed by atoms with Gasteiger partial charge in [-0.2, -0.15) is 0 Å². The Morgan fingerprint density at radius 3 is 2.60 bits per heavy atom. The van der Waals surface area contributed by atoms with Crippen molar-refractivity contribution in [1.82, 2.24) is 4.90 Å². The van der Waals surface area contributed by atoms with E-state index in [0.29, 0.717) is 6.42 Å². The molecule has 20 heavy (non-hydrogen) atoms. The van der Waals surface area contributed by atoms with Crippen LogP contribution < -0.4 is 5.32 Å². The number of nitrogens with one attached hydrogen (secondary N) is 1. The van der Waals surface area contributed by atoms with Crippen molar-refractivity contribution in [3.63, 3.8) is 0 Å². The first-order chi connectivity index (χ1) is 9.02. The predicted molar refractivity (Wildman–Crippen MR) is 88.8 cm³/mol. The summed E-state index contributed by atoms with van der Waals surface area (Å²) in [4.78, 5) is 14.1. The van der Waals surface area contributed by atoms with Gasteiger partial charge in [-0.15, -0.1) is 12.4 Å². The molecule has 0 aliphatic rings. The molecule has 0 aromatic heterocycles. The molecular weight excluding hydrogens is 272 g/mol. The van der Waals surface area contributed by atoms with Crippen molar-refractivity contribution < 1.29 is 4.79 Å². The molecule has 0 atom stereocenters. The Bertz CT molecular complexity index is 421. The fourth-order valence-corrected chi connectivity index (χ4v) is 1.92. The number of hydrogen-bond acceptors (Lipinski definition) is 2. The second kappa shape index (κ2) is 9.78. The number of carbonyl (C=O) groups excluding carboxylic acids is 1. The molecule has 1 aromatic carbocycles. The largest absolute Gasteiger partial charge is 0.326 e. The molecular formula is C16H27ClN2O. The molecule has 114 valence electrons. The van der Waals surface area contributed by atoms with E-state index in [-0.39, 0.29) is 18.3 Å². The molecule has 0 aliphatic carbocycles. The van der Waals surface area contributed by atoms with Crippen LogP contribution in [0.4, 0.5) is 5.69 Å². The normalized spacial score (nSPS) is 10.2. The third kappa shape index (κ3) is 6.92. The first kappa shape index (κ1) is 18.9. The second-order valence-electron chi connectivity index (χ2n) is 5.27. The summed E-state index contributed by atoms with van der Waals surface area (Å²) < 4.78 is 0. The summed E-state index contributed by atoms with van der Waals surface area (Å²) in [6.07, 6.45) is 2.93. The van der Waals surface area contributed by atoms with Crippen LogP contribution in [0.1, 0.15) is 37.3 Å². The van der Waals surface area contributed by atoms with Gasteiger partial charge in [-0.3, -0.25) is 4.79 Å². The number of rotatable bonds is 7. The van der Waals surface area contributed by atoms with E-state index in [1.165, 1.54) is 18.4 Å². The highest BCUT2D eigenvalue weighted by Gasteiger charge is 2.06. The van der Waals surface area contributed by atoms with Gasteiger partial charge in [0.15, 0.2) is 0 Å². The summed E-state index contributed by atoms with van der Waals surface area (Å²) in [6.45, 7) is 8.11. The highest BCUT2D eigenvalue weighted by Crippen LogP contribution is 2.16. The van der Waals surface area contributed by atoms with E-state index >= 15 is 0 Å². The lowest BCUT2D eigenvalue weighted by atomic mass is 10.1. The lowest BCUT2D eigenvalue weighted by molar-refractivity contribution is -0.116. The third-order valence-corrected chi connectivity index (χ3v) is 3.28. The van der Waals surface area contributed by atoms with Crippen molar-refractivity contribution >= 4 is 24.0 Å². The quantitative estimate of drug-likeness (QED) is 0.831. The average molecular weight is 299 g/mol. The summed E-state index contributed by atoms with van der Waals surface area (Å²) in [7, 11) is 2.07. The zero-order valence-electron chi connectivity index (χ0n) is 13.0. The number of carbonyl (C=O) groups is 1. The Balaban J connectivity index is 0.00000361. The monoisotopic (exact) mass is 298 g/mol. The lowest BCUT2D eigenvalue weighted by Crippen LogP contribution is -2.25. The minimum Gasteiger partial charge on any atom is -0.326 e. The van der Waals surface area contributed by atoms with Gasteiger partial charge in [0.2, 0.25) is 5.91 Å². The summed E-state index contributed by atoms with van der Waals surface area (Å²) in [5, 5.41) is 3.00. The maximum absolute atomic E-state index is 11.9. The van der Waals surface area contributed by atoms with E-state index in [4.69, 9.17) is 0 Å². The minimum atomic E-state index is 0. The Labute approximate surface area is 129 Å². The van der Waals surface area contributed by atoms with Gasteiger partial charge in [0.1, 0.15) is 0 Å². The Kier molecular flexibility index (Phi) is 9.26. The van der Waals surface area contributed by atoms with Crippen molar-refractivity contribution in [2.24, 2.45) is 0 Å². The Morgan fingerprint density at radius 2 is 1.95 bits per heavy atom. The maximum atomic E-state index is 11.9. The van der Waals surface area contributed by atoms with Crippen molar-refractivity contribution in [1.29, 1.82) is 0 Å². The minimum absolute atomic E-state index is 0. The highest BCUT2D eigenvalue weighted by atomic mass is 35.5. The van der Waals surface area contributed by atoms with E-state index < -0.39 is 0 Å². The molecule has 1 aromatic rings. The van der Waals surface area contributed by atoms with Crippen LogP contribution in [0, 0.1) is 13.8 Å². The molecule has 0 saturated carbocycles. The molecule has 0 heterocycles. The first-order valence-corrected chi connectivity index (χ1v) is 7.08.